The first-order chi connectivity index (χ1) is 10.1. The Bertz CT molecular complexity index is 778. The Kier molecular flexibility index (Phi) is 3.86. The lowest BCUT2D eigenvalue weighted by Gasteiger charge is -2.06. The maximum absolute atomic E-state index is 12.1. The third-order valence-corrected chi connectivity index (χ3v) is 3.62. The summed E-state index contributed by atoms with van der Waals surface area (Å²) < 4.78 is 5.52. The number of rotatable bonds is 4. The number of nitrogens with one attached hydrogen (secondary N) is 1. The second-order valence-corrected chi connectivity index (χ2v) is 5.39. The fourth-order valence-corrected chi connectivity index (χ4v) is 2.49. The minimum atomic E-state index is -0.141. The topological polar surface area (TPSA) is 42.2 Å². The molecule has 0 saturated carbocycles. The molecule has 1 N–H and O–H groups in total. The van der Waals surface area contributed by atoms with Crippen LogP contribution in [0, 0.1) is 0 Å². The molecule has 1 aromatic heterocycles. The fourth-order valence-electron chi connectivity index (χ4n) is 2.01. The van der Waals surface area contributed by atoms with Crippen LogP contribution in [-0.4, -0.2) is 12.3 Å². The monoisotopic (exact) mass is 319 g/mol. The number of halogens is 2. The van der Waals surface area contributed by atoms with E-state index >= 15 is 0 Å². The van der Waals surface area contributed by atoms with Gasteiger partial charge < -0.3 is 9.73 Å². The van der Waals surface area contributed by atoms with Crippen molar-refractivity contribution in [2.24, 2.45) is 0 Å². The van der Waals surface area contributed by atoms with Crippen molar-refractivity contribution >= 4 is 45.6 Å². The Balaban J connectivity index is 1.74. The summed E-state index contributed by atoms with van der Waals surface area (Å²) in [7, 11) is 0. The van der Waals surface area contributed by atoms with Gasteiger partial charge in [-0.05, 0) is 30.3 Å². The molecule has 3 rings (SSSR count). The molecule has 0 radical (unpaired) electrons. The van der Waals surface area contributed by atoms with E-state index in [9.17, 15) is 4.79 Å². The summed E-state index contributed by atoms with van der Waals surface area (Å²) in [6.45, 7) is 0.0984. The summed E-state index contributed by atoms with van der Waals surface area (Å²) in [5, 5.41) is 4.91. The molecule has 0 bridgehead atoms. The third-order valence-electron chi connectivity index (χ3n) is 3.07. The molecule has 0 unspecified atom stereocenters. The van der Waals surface area contributed by atoms with Gasteiger partial charge in [-0.1, -0.05) is 41.4 Å². The number of ketones is 1. The van der Waals surface area contributed by atoms with Crippen LogP contribution in [0.4, 0.5) is 5.69 Å². The SMILES string of the molecule is O=C(CNc1ccc(Cl)cc1Cl)c1cc2ccccc2o1. The van der Waals surface area contributed by atoms with Crippen molar-refractivity contribution in [3.05, 3.63) is 64.3 Å². The standard InChI is InChI=1S/C16H11Cl2NO2/c17-11-5-6-13(12(18)8-11)19-9-14(20)16-7-10-3-1-2-4-15(10)21-16/h1-8,19H,9H2. The first-order valence-electron chi connectivity index (χ1n) is 6.34. The van der Waals surface area contributed by atoms with Gasteiger partial charge in [0.2, 0.25) is 5.78 Å². The zero-order chi connectivity index (χ0) is 14.8. The molecule has 0 saturated heterocycles. The summed E-state index contributed by atoms with van der Waals surface area (Å²) >= 11 is 11.9. The first-order valence-corrected chi connectivity index (χ1v) is 7.10. The van der Waals surface area contributed by atoms with Crippen LogP contribution in [0.15, 0.2) is 52.9 Å². The lowest BCUT2D eigenvalue weighted by Crippen LogP contribution is -2.13. The number of carbonyl (C=O) groups excluding carboxylic acids is 1. The molecule has 0 fully saturated rings. The van der Waals surface area contributed by atoms with E-state index in [0.29, 0.717) is 27.1 Å². The molecule has 0 spiro atoms. The number of fused-ring (bicyclic) bond motifs is 1. The maximum Gasteiger partial charge on any atom is 0.216 e. The van der Waals surface area contributed by atoms with Gasteiger partial charge in [0.15, 0.2) is 5.76 Å². The summed E-state index contributed by atoms with van der Waals surface area (Å²) in [4.78, 5) is 12.1. The molecule has 0 amide bonds. The molecular formula is C16H11Cl2NO2. The van der Waals surface area contributed by atoms with Crippen molar-refractivity contribution in [1.29, 1.82) is 0 Å². The van der Waals surface area contributed by atoms with E-state index in [-0.39, 0.29) is 12.3 Å². The fraction of sp³-hybridized carbons (Fsp3) is 0.0625. The number of hydrogen-bond donors (Lipinski definition) is 1. The summed E-state index contributed by atoms with van der Waals surface area (Å²) in [6.07, 6.45) is 0. The molecule has 3 nitrogen and oxygen atoms in total. The Morgan fingerprint density at radius 1 is 1.10 bits per heavy atom. The number of benzene rings is 2. The van der Waals surface area contributed by atoms with E-state index in [2.05, 4.69) is 5.32 Å². The highest BCUT2D eigenvalue weighted by atomic mass is 35.5. The van der Waals surface area contributed by atoms with Crippen LogP contribution in [0.25, 0.3) is 11.0 Å². The van der Waals surface area contributed by atoms with Crippen molar-refractivity contribution < 1.29 is 9.21 Å². The van der Waals surface area contributed by atoms with Crippen LogP contribution in [0.2, 0.25) is 10.0 Å². The van der Waals surface area contributed by atoms with Gasteiger partial charge in [0, 0.05) is 10.4 Å². The van der Waals surface area contributed by atoms with Crippen molar-refractivity contribution in [3.8, 4) is 0 Å². The number of Topliss-reactive ketones (excluding diaryl/α,β-unsaturated/α-hetero) is 1. The predicted octanol–water partition coefficient (Wildman–Crippen LogP) is 5.03. The lowest BCUT2D eigenvalue weighted by molar-refractivity contribution is 0.0982. The molecule has 0 aliphatic heterocycles. The maximum atomic E-state index is 12.1. The van der Waals surface area contributed by atoms with E-state index in [4.69, 9.17) is 27.6 Å². The number of hydrogen-bond acceptors (Lipinski definition) is 3. The average molecular weight is 320 g/mol. The third kappa shape index (κ3) is 3.04. The zero-order valence-electron chi connectivity index (χ0n) is 10.9. The van der Waals surface area contributed by atoms with Gasteiger partial charge in [0.1, 0.15) is 5.58 Å². The minimum absolute atomic E-state index is 0.0984. The van der Waals surface area contributed by atoms with Gasteiger partial charge >= 0.3 is 0 Å². The highest BCUT2D eigenvalue weighted by Crippen LogP contribution is 2.25. The smallest absolute Gasteiger partial charge is 0.216 e. The van der Waals surface area contributed by atoms with Crippen LogP contribution >= 0.6 is 23.2 Å². The molecule has 2 aromatic carbocycles. The predicted molar refractivity (Wildman–Crippen MR) is 85.5 cm³/mol. The van der Waals surface area contributed by atoms with Crippen molar-refractivity contribution in [2.45, 2.75) is 0 Å². The first kappa shape index (κ1) is 14.0. The van der Waals surface area contributed by atoms with Gasteiger partial charge in [-0.2, -0.15) is 0 Å². The molecule has 0 aliphatic carbocycles. The van der Waals surface area contributed by atoms with Crippen LogP contribution in [0.5, 0.6) is 0 Å². The van der Waals surface area contributed by atoms with Crippen molar-refractivity contribution in [3.63, 3.8) is 0 Å². The minimum Gasteiger partial charge on any atom is -0.453 e. The van der Waals surface area contributed by atoms with Gasteiger partial charge in [-0.15, -0.1) is 0 Å². The Hall–Kier alpha value is -1.97. The summed E-state index contributed by atoms with van der Waals surface area (Å²) in [6, 6.07) is 14.3. The Morgan fingerprint density at radius 3 is 2.67 bits per heavy atom. The molecule has 21 heavy (non-hydrogen) atoms. The molecule has 0 atom stereocenters. The van der Waals surface area contributed by atoms with Crippen molar-refractivity contribution in [1.82, 2.24) is 0 Å². The quantitative estimate of drug-likeness (QED) is 0.685. The largest absolute Gasteiger partial charge is 0.453 e. The van der Waals surface area contributed by atoms with Crippen LogP contribution in [0.3, 0.4) is 0 Å². The number of anilines is 1. The summed E-state index contributed by atoms with van der Waals surface area (Å²) in [5.41, 5.74) is 1.36. The molecule has 0 aliphatic rings. The van der Waals surface area contributed by atoms with Gasteiger partial charge in [-0.25, -0.2) is 0 Å². The van der Waals surface area contributed by atoms with E-state index in [1.54, 1.807) is 24.3 Å². The lowest BCUT2D eigenvalue weighted by atomic mass is 10.2. The van der Waals surface area contributed by atoms with Crippen LogP contribution < -0.4 is 5.32 Å². The number of furan rings is 1. The average Bonchev–Trinajstić information content (AvgIpc) is 2.90. The van der Waals surface area contributed by atoms with Crippen LogP contribution in [0.1, 0.15) is 10.6 Å². The normalized spacial score (nSPS) is 10.8. The van der Waals surface area contributed by atoms with E-state index in [1.807, 2.05) is 24.3 Å². The van der Waals surface area contributed by atoms with Gasteiger partial charge in [0.05, 0.1) is 17.3 Å². The number of para-hydroxylation sites is 1. The Labute approximate surface area is 131 Å². The molecule has 1 heterocycles. The highest BCUT2D eigenvalue weighted by Gasteiger charge is 2.12. The van der Waals surface area contributed by atoms with Gasteiger partial charge in [0.25, 0.3) is 0 Å². The molecule has 3 aromatic rings. The van der Waals surface area contributed by atoms with E-state index < -0.39 is 0 Å². The van der Waals surface area contributed by atoms with Crippen molar-refractivity contribution in [2.75, 3.05) is 11.9 Å². The second-order valence-electron chi connectivity index (χ2n) is 4.55. The molecule has 5 heteroatoms. The molecule has 106 valence electrons. The molecular weight excluding hydrogens is 309 g/mol. The second kappa shape index (κ2) is 5.80. The van der Waals surface area contributed by atoms with Crippen LogP contribution in [-0.2, 0) is 0 Å². The highest BCUT2D eigenvalue weighted by molar-refractivity contribution is 6.36. The zero-order valence-corrected chi connectivity index (χ0v) is 12.4. The van der Waals surface area contributed by atoms with Gasteiger partial charge in [-0.3, -0.25) is 4.79 Å². The Morgan fingerprint density at radius 2 is 1.90 bits per heavy atom. The van der Waals surface area contributed by atoms with E-state index in [0.717, 1.165) is 5.39 Å². The number of carbonyl (C=O) groups is 1. The van der Waals surface area contributed by atoms with E-state index in [1.165, 1.54) is 0 Å². The summed E-state index contributed by atoms with van der Waals surface area (Å²) in [5.74, 6) is 0.186.